The standard InChI is InChI=1S/C16H14F3NO2S/c1-11-5-4-8-20-15(11)23-10-13(21)9-12-6-2-3-7-14(12)22-16(17,18)19/h2-8H,9-10H2,1H3. The number of hydrogen-bond donors (Lipinski definition) is 0. The minimum absolute atomic E-state index is 0.120. The largest absolute Gasteiger partial charge is 0.573 e. The van der Waals surface area contributed by atoms with E-state index in [1.807, 2.05) is 13.0 Å². The minimum Gasteiger partial charge on any atom is -0.405 e. The Morgan fingerprint density at radius 1 is 1.22 bits per heavy atom. The van der Waals surface area contributed by atoms with Gasteiger partial charge in [-0.25, -0.2) is 4.98 Å². The highest BCUT2D eigenvalue weighted by atomic mass is 32.2. The van der Waals surface area contributed by atoms with Crippen LogP contribution in [0.1, 0.15) is 11.1 Å². The molecule has 0 unspecified atom stereocenters. The number of halogens is 3. The summed E-state index contributed by atoms with van der Waals surface area (Å²) in [6, 6.07) is 9.34. The number of thioether (sulfide) groups is 1. The number of alkyl halides is 3. The molecule has 7 heteroatoms. The van der Waals surface area contributed by atoms with Crippen molar-refractivity contribution in [3.8, 4) is 5.75 Å². The lowest BCUT2D eigenvalue weighted by atomic mass is 10.1. The Labute approximate surface area is 135 Å². The Hall–Kier alpha value is -2.02. The molecule has 1 aromatic heterocycles. The van der Waals surface area contributed by atoms with Crippen molar-refractivity contribution in [2.75, 3.05) is 5.75 Å². The van der Waals surface area contributed by atoms with E-state index in [0.717, 1.165) is 10.6 Å². The second kappa shape index (κ2) is 7.50. The van der Waals surface area contributed by atoms with Gasteiger partial charge in [0.25, 0.3) is 0 Å². The number of benzene rings is 1. The molecule has 1 aromatic carbocycles. The molecule has 0 saturated heterocycles. The highest BCUT2D eigenvalue weighted by Gasteiger charge is 2.32. The molecule has 0 aliphatic heterocycles. The van der Waals surface area contributed by atoms with Crippen LogP contribution in [-0.2, 0) is 11.2 Å². The van der Waals surface area contributed by atoms with Crippen LogP contribution >= 0.6 is 11.8 Å². The molecule has 0 amide bonds. The number of Topliss-reactive ketones (excluding diaryl/α,β-unsaturated/α-hetero) is 1. The Kier molecular flexibility index (Phi) is 5.65. The van der Waals surface area contributed by atoms with E-state index in [1.54, 1.807) is 18.3 Å². The predicted octanol–water partition coefficient (Wildman–Crippen LogP) is 4.19. The Morgan fingerprint density at radius 3 is 2.65 bits per heavy atom. The number of aryl methyl sites for hydroxylation is 1. The van der Waals surface area contributed by atoms with Crippen molar-refractivity contribution in [3.63, 3.8) is 0 Å². The van der Waals surface area contributed by atoms with Crippen LogP contribution in [0.4, 0.5) is 13.2 Å². The summed E-state index contributed by atoms with van der Waals surface area (Å²) >= 11 is 1.27. The average molecular weight is 341 g/mol. The molecule has 0 N–H and O–H groups in total. The number of para-hydroxylation sites is 1. The molecule has 0 atom stereocenters. The van der Waals surface area contributed by atoms with Crippen LogP contribution in [0.25, 0.3) is 0 Å². The Balaban J connectivity index is 1.99. The van der Waals surface area contributed by atoms with Crippen LogP contribution in [0.2, 0.25) is 0 Å². The zero-order valence-corrected chi connectivity index (χ0v) is 13.1. The van der Waals surface area contributed by atoms with E-state index in [0.29, 0.717) is 0 Å². The number of nitrogens with zero attached hydrogens (tertiary/aromatic N) is 1. The fourth-order valence-corrected chi connectivity index (χ4v) is 2.74. The van der Waals surface area contributed by atoms with Gasteiger partial charge < -0.3 is 4.74 Å². The Morgan fingerprint density at radius 2 is 1.96 bits per heavy atom. The van der Waals surface area contributed by atoms with Crippen molar-refractivity contribution in [2.24, 2.45) is 0 Å². The predicted molar refractivity (Wildman–Crippen MR) is 81.5 cm³/mol. The van der Waals surface area contributed by atoms with Gasteiger partial charge in [0.2, 0.25) is 0 Å². The van der Waals surface area contributed by atoms with Gasteiger partial charge in [-0.1, -0.05) is 36.0 Å². The topological polar surface area (TPSA) is 39.2 Å². The Bertz CT molecular complexity index is 689. The van der Waals surface area contributed by atoms with Crippen LogP contribution in [0.5, 0.6) is 5.75 Å². The highest BCUT2D eigenvalue weighted by molar-refractivity contribution is 7.99. The fourth-order valence-electron chi connectivity index (χ4n) is 1.91. The molecular formula is C16H14F3NO2S. The summed E-state index contributed by atoms with van der Waals surface area (Å²) in [7, 11) is 0. The maximum absolute atomic E-state index is 12.4. The van der Waals surface area contributed by atoms with Gasteiger partial charge in [0.1, 0.15) is 11.5 Å². The number of carbonyl (C=O) groups is 1. The number of ether oxygens (including phenoxy) is 1. The number of hydrogen-bond acceptors (Lipinski definition) is 4. The van der Waals surface area contributed by atoms with Gasteiger partial charge in [-0.15, -0.1) is 13.2 Å². The molecule has 0 spiro atoms. The number of pyridine rings is 1. The van der Waals surface area contributed by atoms with E-state index in [9.17, 15) is 18.0 Å². The molecule has 2 aromatic rings. The van der Waals surface area contributed by atoms with Gasteiger partial charge >= 0.3 is 6.36 Å². The highest BCUT2D eigenvalue weighted by Crippen LogP contribution is 2.27. The van der Waals surface area contributed by atoms with Gasteiger partial charge in [0.05, 0.1) is 10.8 Å². The quantitative estimate of drug-likeness (QED) is 0.739. The summed E-state index contributed by atoms with van der Waals surface area (Å²) in [5, 5.41) is 0.737. The van der Waals surface area contributed by atoms with E-state index >= 15 is 0 Å². The van der Waals surface area contributed by atoms with Crippen molar-refractivity contribution < 1.29 is 22.7 Å². The van der Waals surface area contributed by atoms with Gasteiger partial charge in [-0.3, -0.25) is 4.79 Å². The fraction of sp³-hybridized carbons (Fsp3) is 0.250. The molecule has 1 heterocycles. The van der Waals surface area contributed by atoms with E-state index in [-0.39, 0.29) is 29.3 Å². The van der Waals surface area contributed by atoms with Crippen molar-refractivity contribution in [3.05, 3.63) is 53.7 Å². The molecule has 0 bridgehead atoms. The summed E-state index contributed by atoms with van der Waals surface area (Å²) in [5.41, 5.74) is 1.17. The van der Waals surface area contributed by atoms with Crippen LogP contribution in [-0.4, -0.2) is 22.9 Å². The molecule has 0 radical (unpaired) electrons. The molecule has 0 aliphatic rings. The van der Waals surface area contributed by atoms with E-state index in [4.69, 9.17) is 0 Å². The number of ketones is 1. The van der Waals surface area contributed by atoms with Gasteiger partial charge in [-0.05, 0) is 24.6 Å². The van der Waals surface area contributed by atoms with Gasteiger partial charge in [0, 0.05) is 18.2 Å². The lowest BCUT2D eigenvalue weighted by molar-refractivity contribution is -0.274. The number of carbonyl (C=O) groups excluding carboxylic acids is 1. The normalized spacial score (nSPS) is 11.3. The molecule has 0 saturated carbocycles. The third-order valence-corrected chi connectivity index (χ3v) is 4.08. The molecular weight excluding hydrogens is 327 g/mol. The SMILES string of the molecule is Cc1cccnc1SCC(=O)Cc1ccccc1OC(F)(F)F. The molecule has 2 rings (SSSR count). The van der Waals surface area contributed by atoms with Gasteiger partial charge in [0.15, 0.2) is 0 Å². The maximum atomic E-state index is 12.4. The molecule has 0 fully saturated rings. The molecule has 23 heavy (non-hydrogen) atoms. The van der Waals surface area contributed by atoms with Crippen LogP contribution < -0.4 is 4.74 Å². The minimum atomic E-state index is -4.78. The summed E-state index contributed by atoms with van der Waals surface area (Å²) in [6.45, 7) is 1.88. The summed E-state index contributed by atoms with van der Waals surface area (Å²) < 4.78 is 41.0. The molecule has 3 nitrogen and oxygen atoms in total. The van der Waals surface area contributed by atoms with Crippen molar-refractivity contribution >= 4 is 17.5 Å². The zero-order chi connectivity index (χ0) is 16.9. The second-order valence-electron chi connectivity index (χ2n) is 4.79. The van der Waals surface area contributed by atoms with Gasteiger partial charge in [-0.2, -0.15) is 0 Å². The van der Waals surface area contributed by atoms with E-state index in [1.165, 1.54) is 30.0 Å². The van der Waals surface area contributed by atoms with Crippen molar-refractivity contribution in [1.82, 2.24) is 4.98 Å². The van der Waals surface area contributed by atoms with Crippen molar-refractivity contribution in [1.29, 1.82) is 0 Å². The average Bonchev–Trinajstić information content (AvgIpc) is 2.47. The van der Waals surface area contributed by atoms with Crippen LogP contribution in [0, 0.1) is 6.92 Å². The third-order valence-electron chi connectivity index (χ3n) is 2.92. The summed E-state index contributed by atoms with van der Waals surface area (Å²) in [4.78, 5) is 16.2. The zero-order valence-electron chi connectivity index (χ0n) is 12.3. The summed E-state index contributed by atoms with van der Waals surface area (Å²) in [5.74, 6) is -0.399. The monoisotopic (exact) mass is 341 g/mol. The number of aromatic nitrogens is 1. The maximum Gasteiger partial charge on any atom is 0.573 e. The first-order chi connectivity index (χ1) is 10.8. The first kappa shape index (κ1) is 17.3. The van der Waals surface area contributed by atoms with E-state index < -0.39 is 6.36 Å². The first-order valence-electron chi connectivity index (χ1n) is 6.75. The number of rotatable bonds is 6. The third kappa shape index (κ3) is 5.59. The van der Waals surface area contributed by atoms with Crippen LogP contribution in [0.3, 0.4) is 0 Å². The lowest BCUT2D eigenvalue weighted by Gasteiger charge is -2.12. The molecule has 0 aliphatic carbocycles. The smallest absolute Gasteiger partial charge is 0.405 e. The van der Waals surface area contributed by atoms with Crippen molar-refractivity contribution in [2.45, 2.75) is 24.7 Å². The first-order valence-corrected chi connectivity index (χ1v) is 7.73. The summed E-state index contributed by atoms with van der Waals surface area (Å²) in [6.07, 6.45) is -3.27. The van der Waals surface area contributed by atoms with E-state index in [2.05, 4.69) is 9.72 Å². The molecule has 122 valence electrons. The lowest BCUT2D eigenvalue weighted by Crippen LogP contribution is -2.19. The second-order valence-corrected chi connectivity index (χ2v) is 5.75. The van der Waals surface area contributed by atoms with Crippen LogP contribution in [0.15, 0.2) is 47.6 Å².